The molecule has 1 aromatic carbocycles. The monoisotopic (exact) mass is 336 g/mol. The Labute approximate surface area is 114 Å². The van der Waals surface area contributed by atoms with E-state index in [9.17, 15) is 12.8 Å². The highest BCUT2D eigenvalue weighted by Gasteiger charge is 2.20. The molecule has 0 unspecified atom stereocenters. The number of hydrogen-bond donors (Lipinski definition) is 2. The highest BCUT2D eigenvalue weighted by molar-refractivity contribution is 9.10. The van der Waals surface area contributed by atoms with Crippen molar-refractivity contribution in [1.29, 1.82) is 0 Å². The lowest BCUT2D eigenvalue weighted by Crippen LogP contribution is -2.32. The number of rotatable bonds is 6. The fourth-order valence-corrected chi connectivity index (χ4v) is 2.77. The lowest BCUT2D eigenvalue weighted by Gasteiger charge is -2.07. The van der Waals surface area contributed by atoms with Gasteiger partial charge in [0, 0.05) is 19.1 Å². The van der Waals surface area contributed by atoms with Crippen LogP contribution >= 0.6 is 15.9 Å². The predicted octanol–water partition coefficient (Wildman–Crippen LogP) is 1.62. The summed E-state index contributed by atoms with van der Waals surface area (Å²) in [7, 11) is -3.63. The standard InChI is InChI=1S/C11H14BrFN2O2S/c12-10-4-3-9(7-11(10)13)18(16,17)15-6-5-14-8-1-2-8/h3-4,7-8,14-15H,1-2,5-6H2. The average molecular weight is 337 g/mol. The summed E-state index contributed by atoms with van der Waals surface area (Å²) in [5.74, 6) is -0.589. The van der Waals surface area contributed by atoms with Crippen molar-refractivity contribution < 1.29 is 12.8 Å². The zero-order valence-electron chi connectivity index (χ0n) is 9.62. The molecule has 0 bridgehead atoms. The Hall–Kier alpha value is -0.500. The maximum Gasteiger partial charge on any atom is 0.240 e. The Kier molecular flexibility index (Phi) is 4.37. The topological polar surface area (TPSA) is 58.2 Å². The van der Waals surface area contributed by atoms with Crippen LogP contribution in [0.5, 0.6) is 0 Å². The molecule has 0 atom stereocenters. The smallest absolute Gasteiger partial charge is 0.240 e. The van der Waals surface area contributed by atoms with Gasteiger partial charge < -0.3 is 5.32 Å². The van der Waals surface area contributed by atoms with Gasteiger partial charge >= 0.3 is 0 Å². The van der Waals surface area contributed by atoms with Crippen molar-refractivity contribution in [3.8, 4) is 0 Å². The maximum atomic E-state index is 13.3. The molecule has 1 aromatic rings. The van der Waals surface area contributed by atoms with Crippen LogP contribution in [0.2, 0.25) is 0 Å². The quantitative estimate of drug-likeness (QED) is 0.776. The summed E-state index contributed by atoms with van der Waals surface area (Å²) in [6.07, 6.45) is 2.31. The first-order chi connectivity index (χ1) is 8.49. The van der Waals surface area contributed by atoms with E-state index < -0.39 is 15.8 Å². The molecule has 1 saturated carbocycles. The van der Waals surface area contributed by atoms with E-state index in [0.29, 0.717) is 19.1 Å². The number of benzene rings is 1. The molecule has 0 amide bonds. The van der Waals surface area contributed by atoms with Crippen molar-refractivity contribution in [1.82, 2.24) is 10.0 Å². The number of hydrogen-bond acceptors (Lipinski definition) is 3. The first-order valence-corrected chi connectivity index (χ1v) is 7.95. The van der Waals surface area contributed by atoms with Gasteiger partial charge in [0.15, 0.2) is 0 Å². The Morgan fingerprint density at radius 2 is 2.06 bits per heavy atom. The second-order valence-corrected chi connectivity index (χ2v) is 6.82. The van der Waals surface area contributed by atoms with Gasteiger partial charge in [-0.15, -0.1) is 0 Å². The fraction of sp³-hybridized carbons (Fsp3) is 0.455. The molecule has 1 fully saturated rings. The van der Waals surface area contributed by atoms with Crippen molar-refractivity contribution in [3.63, 3.8) is 0 Å². The molecule has 4 nitrogen and oxygen atoms in total. The maximum absolute atomic E-state index is 13.3. The third kappa shape index (κ3) is 3.74. The summed E-state index contributed by atoms with van der Waals surface area (Å²) in [5.41, 5.74) is 0. The van der Waals surface area contributed by atoms with E-state index >= 15 is 0 Å². The molecule has 0 aromatic heterocycles. The van der Waals surface area contributed by atoms with Gasteiger partial charge in [-0.05, 0) is 47.0 Å². The highest BCUT2D eigenvalue weighted by atomic mass is 79.9. The minimum atomic E-state index is -3.63. The van der Waals surface area contributed by atoms with E-state index in [4.69, 9.17) is 0 Å². The zero-order valence-corrected chi connectivity index (χ0v) is 12.0. The molecule has 0 radical (unpaired) electrons. The van der Waals surface area contributed by atoms with Crippen molar-refractivity contribution in [2.75, 3.05) is 13.1 Å². The third-order valence-electron chi connectivity index (χ3n) is 2.63. The number of halogens is 2. The summed E-state index contributed by atoms with van der Waals surface area (Å²) >= 11 is 2.98. The van der Waals surface area contributed by atoms with Crippen LogP contribution in [0.25, 0.3) is 0 Å². The second-order valence-electron chi connectivity index (χ2n) is 4.20. The zero-order chi connectivity index (χ0) is 13.2. The van der Waals surface area contributed by atoms with Crippen molar-refractivity contribution in [2.45, 2.75) is 23.8 Å². The van der Waals surface area contributed by atoms with Gasteiger partial charge in [0.1, 0.15) is 5.82 Å². The Morgan fingerprint density at radius 1 is 1.33 bits per heavy atom. The van der Waals surface area contributed by atoms with Crippen LogP contribution in [0, 0.1) is 5.82 Å². The molecule has 0 saturated heterocycles. The van der Waals surface area contributed by atoms with Crippen LogP contribution in [0.3, 0.4) is 0 Å². The molecule has 2 N–H and O–H groups in total. The van der Waals surface area contributed by atoms with Gasteiger partial charge in [0.05, 0.1) is 9.37 Å². The molecule has 2 rings (SSSR count). The second kappa shape index (κ2) is 5.64. The van der Waals surface area contributed by atoms with Crippen LogP contribution in [0.15, 0.2) is 27.6 Å². The lowest BCUT2D eigenvalue weighted by molar-refractivity contribution is 0.571. The van der Waals surface area contributed by atoms with Crippen LogP contribution in [-0.2, 0) is 10.0 Å². The molecule has 1 aliphatic rings. The summed E-state index contributed by atoms with van der Waals surface area (Å²) in [6, 6.07) is 4.29. The summed E-state index contributed by atoms with van der Waals surface area (Å²) in [4.78, 5) is -0.0605. The van der Waals surface area contributed by atoms with E-state index in [0.717, 1.165) is 18.9 Å². The minimum absolute atomic E-state index is 0.0605. The van der Waals surface area contributed by atoms with Gasteiger partial charge in [0.2, 0.25) is 10.0 Å². The molecule has 100 valence electrons. The van der Waals surface area contributed by atoms with Crippen molar-refractivity contribution in [2.24, 2.45) is 0 Å². The summed E-state index contributed by atoms with van der Waals surface area (Å²) in [5, 5.41) is 3.19. The van der Waals surface area contributed by atoms with Crippen molar-refractivity contribution in [3.05, 3.63) is 28.5 Å². The van der Waals surface area contributed by atoms with E-state index in [2.05, 4.69) is 26.0 Å². The minimum Gasteiger partial charge on any atom is -0.313 e. The van der Waals surface area contributed by atoms with Gasteiger partial charge in [0.25, 0.3) is 0 Å². The van der Waals surface area contributed by atoms with Gasteiger partial charge in [-0.2, -0.15) is 0 Å². The number of nitrogens with one attached hydrogen (secondary N) is 2. The highest BCUT2D eigenvalue weighted by Crippen LogP contribution is 2.19. The molecule has 0 aliphatic heterocycles. The summed E-state index contributed by atoms with van der Waals surface area (Å²) < 4.78 is 39.6. The first-order valence-electron chi connectivity index (χ1n) is 5.67. The molecule has 0 spiro atoms. The molecular formula is C11H14BrFN2O2S. The fourth-order valence-electron chi connectivity index (χ4n) is 1.48. The van der Waals surface area contributed by atoms with E-state index in [1.165, 1.54) is 12.1 Å². The molecule has 7 heteroatoms. The van der Waals surface area contributed by atoms with Crippen LogP contribution in [-0.4, -0.2) is 27.5 Å². The van der Waals surface area contributed by atoms with Gasteiger partial charge in [-0.1, -0.05) is 0 Å². The molecular weight excluding hydrogens is 323 g/mol. The van der Waals surface area contributed by atoms with E-state index in [1.807, 2.05) is 0 Å². The van der Waals surface area contributed by atoms with E-state index in [-0.39, 0.29) is 9.37 Å². The lowest BCUT2D eigenvalue weighted by atomic mass is 10.3. The predicted molar refractivity (Wildman–Crippen MR) is 70.3 cm³/mol. The molecule has 0 heterocycles. The van der Waals surface area contributed by atoms with Crippen molar-refractivity contribution >= 4 is 26.0 Å². The first kappa shape index (κ1) is 13.9. The van der Waals surface area contributed by atoms with Gasteiger partial charge in [-0.3, -0.25) is 0 Å². The van der Waals surface area contributed by atoms with Gasteiger partial charge in [-0.25, -0.2) is 17.5 Å². The molecule has 1 aliphatic carbocycles. The Morgan fingerprint density at radius 3 is 2.67 bits per heavy atom. The molecule has 18 heavy (non-hydrogen) atoms. The Balaban J connectivity index is 1.93. The van der Waals surface area contributed by atoms with Crippen LogP contribution in [0.4, 0.5) is 4.39 Å². The number of sulfonamides is 1. The summed E-state index contributed by atoms with van der Waals surface area (Å²) in [6.45, 7) is 0.888. The van der Waals surface area contributed by atoms with Crippen LogP contribution in [0.1, 0.15) is 12.8 Å². The largest absolute Gasteiger partial charge is 0.313 e. The SMILES string of the molecule is O=S(=O)(NCCNC1CC1)c1ccc(Br)c(F)c1. The Bertz CT molecular complexity index is 532. The van der Waals surface area contributed by atoms with E-state index in [1.54, 1.807) is 0 Å². The normalized spacial score (nSPS) is 15.9. The average Bonchev–Trinajstić information content (AvgIpc) is 3.12. The van der Waals surface area contributed by atoms with Crippen LogP contribution < -0.4 is 10.0 Å². The third-order valence-corrected chi connectivity index (χ3v) is 4.73.